The van der Waals surface area contributed by atoms with Gasteiger partial charge in [-0.15, -0.1) is 0 Å². The van der Waals surface area contributed by atoms with Gasteiger partial charge in [-0.3, -0.25) is 0 Å². The first-order chi connectivity index (χ1) is 8.69. The number of nitrogens with zero attached hydrogens (tertiary/aromatic N) is 3. The Morgan fingerprint density at radius 1 is 1.28 bits per heavy atom. The lowest BCUT2D eigenvalue weighted by atomic mass is 10.1. The van der Waals surface area contributed by atoms with Crippen molar-refractivity contribution in [2.45, 2.75) is 45.4 Å². The molecule has 18 heavy (non-hydrogen) atoms. The Bertz CT molecular complexity index is 453. The van der Waals surface area contributed by atoms with E-state index in [1.54, 1.807) is 0 Å². The zero-order valence-corrected chi connectivity index (χ0v) is 11.3. The van der Waals surface area contributed by atoms with Gasteiger partial charge in [-0.05, 0) is 32.1 Å². The van der Waals surface area contributed by atoms with E-state index in [9.17, 15) is 0 Å². The molecule has 4 nitrogen and oxygen atoms in total. The fraction of sp³-hybridized carbons (Fsp3) is 0.714. The average molecular weight is 246 g/mol. The standard InChI is InChI=1S/C14H22N4/c1-3-10-6-7-18(8-10)14-9(2)12(15)16-13(17-14)11-4-5-11/h10-11H,3-8H2,1-2H3,(H2,15,16,17). The number of hydrogen-bond acceptors (Lipinski definition) is 4. The molecule has 0 amide bonds. The minimum atomic E-state index is 0.566. The minimum Gasteiger partial charge on any atom is -0.383 e. The van der Waals surface area contributed by atoms with Crippen molar-refractivity contribution in [3.8, 4) is 0 Å². The van der Waals surface area contributed by atoms with E-state index < -0.39 is 0 Å². The summed E-state index contributed by atoms with van der Waals surface area (Å²) in [5, 5.41) is 0. The third-order valence-corrected chi connectivity index (χ3v) is 4.28. The first kappa shape index (κ1) is 11.8. The van der Waals surface area contributed by atoms with Crippen LogP contribution in [0.1, 0.15) is 49.9 Å². The quantitative estimate of drug-likeness (QED) is 0.890. The van der Waals surface area contributed by atoms with Gasteiger partial charge in [0, 0.05) is 24.6 Å². The number of nitrogen functional groups attached to an aromatic ring is 1. The molecule has 1 aromatic heterocycles. The summed E-state index contributed by atoms with van der Waals surface area (Å²) in [5.41, 5.74) is 7.10. The maximum Gasteiger partial charge on any atom is 0.137 e. The van der Waals surface area contributed by atoms with Crippen molar-refractivity contribution >= 4 is 11.6 Å². The highest BCUT2D eigenvalue weighted by Crippen LogP contribution is 2.40. The second-order valence-corrected chi connectivity index (χ2v) is 5.70. The van der Waals surface area contributed by atoms with E-state index in [0.717, 1.165) is 36.2 Å². The second-order valence-electron chi connectivity index (χ2n) is 5.70. The molecule has 1 aromatic rings. The van der Waals surface area contributed by atoms with Gasteiger partial charge < -0.3 is 10.6 Å². The third-order valence-electron chi connectivity index (χ3n) is 4.28. The molecule has 0 spiro atoms. The number of rotatable bonds is 3. The van der Waals surface area contributed by atoms with E-state index in [4.69, 9.17) is 10.7 Å². The molecule has 1 atom stereocenters. The van der Waals surface area contributed by atoms with E-state index in [-0.39, 0.29) is 0 Å². The highest BCUT2D eigenvalue weighted by atomic mass is 15.2. The molecule has 0 bridgehead atoms. The highest BCUT2D eigenvalue weighted by Gasteiger charge is 2.30. The third kappa shape index (κ3) is 2.04. The summed E-state index contributed by atoms with van der Waals surface area (Å²) in [6.07, 6.45) is 4.98. The van der Waals surface area contributed by atoms with Crippen molar-refractivity contribution in [1.29, 1.82) is 0 Å². The summed E-state index contributed by atoms with van der Waals surface area (Å²) < 4.78 is 0. The van der Waals surface area contributed by atoms with Crippen molar-refractivity contribution in [3.63, 3.8) is 0 Å². The molecular formula is C14H22N4. The van der Waals surface area contributed by atoms with E-state index in [2.05, 4.69) is 16.8 Å². The van der Waals surface area contributed by atoms with Crippen LogP contribution < -0.4 is 10.6 Å². The van der Waals surface area contributed by atoms with Crippen molar-refractivity contribution in [1.82, 2.24) is 9.97 Å². The van der Waals surface area contributed by atoms with Gasteiger partial charge in [0.1, 0.15) is 17.5 Å². The molecule has 1 unspecified atom stereocenters. The zero-order valence-electron chi connectivity index (χ0n) is 11.3. The van der Waals surface area contributed by atoms with E-state index in [1.807, 2.05) is 6.92 Å². The van der Waals surface area contributed by atoms with Crippen LogP contribution in [0.15, 0.2) is 0 Å². The maximum absolute atomic E-state index is 6.04. The summed E-state index contributed by atoms with van der Waals surface area (Å²) in [4.78, 5) is 11.6. The van der Waals surface area contributed by atoms with Crippen LogP contribution in [-0.4, -0.2) is 23.1 Å². The number of nitrogens with two attached hydrogens (primary N) is 1. The van der Waals surface area contributed by atoms with E-state index in [0.29, 0.717) is 11.7 Å². The highest BCUT2D eigenvalue weighted by molar-refractivity contribution is 5.57. The van der Waals surface area contributed by atoms with Crippen molar-refractivity contribution < 1.29 is 0 Å². The number of anilines is 2. The summed E-state index contributed by atoms with van der Waals surface area (Å²) in [7, 11) is 0. The molecule has 2 fully saturated rings. The first-order valence-electron chi connectivity index (χ1n) is 7.08. The summed E-state index contributed by atoms with van der Waals surface area (Å²) in [6.45, 7) is 6.55. The Kier molecular flexibility index (Phi) is 2.88. The van der Waals surface area contributed by atoms with Gasteiger partial charge in [-0.1, -0.05) is 13.3 Å². The SMILES string of the molecule is CCC1CCN(c2nc(C3CC3)nc(N)c2C)C1. The van der Waals surface area contributed by atoms with E-state index >= 15 is 0 Å². The van der Waals surface area contributed by atoms with Crippen LogP contribution in [0.2, 0.25) is 0 Å². The molecular weight excluding hydrogens is 224 g/mol. The smallest absolute Gasteiger partial charge is 0.137 e. The molecule has 1 aliphatic carbocycles. The summed E-state index contributed by atoms with van der Waals surface area (Å²) >= 11 is 0. The molecule has 0 aromatic carbocycles. The first-order valence-corrected chi connectivity index (χ1v) is 7.08. The van der Waals surface area contributed by atoms with Crippen LogP contribution in [0, 0.1) is 12.8 Å². The van der Waals surface area contributed by atoms with Gasteiger partial charge in [0.2, 0.25) is 0 Å². The normalized spacial score (nSPS) is 23.7. The molecule has 2 N–H and O–H groups in total. The van der Waals surface area contributed by atoms with Gasteiger partial charge in [0.15, 0.2) is 0 Å². The fourth-order valence-electron chi connectivity index (χ4n) is 2.73. The lowest BCUT2D eigenvalue weighted by Gasteiger charge is -2.21. The van der Waals surface area contributed by atoms with Crippen molar-refractivity contribution in [3.05, 3.63) is 11.4 Å². The molecule has 2 heterocycles. The van der Waals surface area contributed by atoms with Crippen LogP contribution >= 0.6 is 0 Å². The van der Waals surface area contributed by atoms with Gasteiger partial charge in [0.25, 0.3) is 0 Å². The largest absolute Gasteiger partial charge is 0.383 e. The van der Waals surface area contributed by atoms with Crippen molar-refractivity contribution in [2.24, 2.45) is 5.92 Å². The van der Waals surface area contributed by atoms with Crippen molar-refractivity contribution in [2.75, 3.05) is 23.7 Å². The lowest BCUT2D eigenvalue weighted by Crippen LogP contribution is -2.23. The van der Waals surface area contributed by atoms with Crippen LogP contribution in [0.5, 0.6) is 0 Å². The number of hydrogen-bond donors (Lipinski definition) is 1. The van der Waals surface area contributed by atoms with Gasteiger partial charge in [-0.25, -0.2) is 9.97 Å². The van der Waals surface area contributed by atoms with Gasteiger partial charge in [0.05, 0.1) is 0 Å². The van der Waals surface area contributed by atoms with E-state index in [1.165, 1.54) is 25.7 Å². The monoisotopic (exact) mass is 246 g/mol. The van der Waals surface area contributed by atoms with Crippen LogP contribution in [0.3, 0.4) is 0 Å². The Labute approximate surface area is 109 Å². The Hall–Kier alpha value is -1.32. The predicted octanol–water partition coefficient (Wildman–Crippen LogP) is 2.48. The molecule has 2 aliphatic rings. The Balaban J connectivity index is 1.90. The Morgan fingerprint density at radius 2 is 2.06 bits per heavy atom. The summed E-state index contributed by atoms with van der Waals surface area (Å²) in [6, 6.07) is 0. The predicted molar refractivity (Wildman–Crippen MR) is 73.8 cm³/mol. The summed E-state index contributed by atoms with van der Waals surface area (Å²) in [5.74, 6) is 4.09. The lowest BCUT2D eigenvalue weighted by molar-refractivity contribution is 0.568. The maximum atomic E-state index is 6.04. The molecule has 0 radical (unpaired) electrons. The zero-order chi connectivity index (χ0) is 12.7. The molecule has 1 saturated heterocycles. The molecule has 3 rings (SSSR count). The Morgan fingerprint density at radius 3 is 2.67 bits per heavy atom. The fourth-order valence-corrected chi connectivity index (χ4v) is 2.73. The van der Waals surface area contributed by atoms with Crippen LogP contribution in [0.25, 0.3) is 0 Å². The molecule has 4 heteroatoms. The number of aromatic nitrogens is 2. The van der Waals surface area contributed by atoms with Gasteiger partial charge >= 0.3 is 0 Å². The molecule has 1 aliphatic heterocycles. The van der Waals surface area contributed by atoms with Crippen LogP contribution in [0.4, 0.5) is 11.6 Å². The average Bonchev–Trinajstić information content (AvgIpc) is 3.11. The van der Waals surface area contributed by atoms with Gasteiger partial charge in [-0.2, -0.15) is 0 Å². The second kappa shape index (κ2) is 4.41. The van der Waals surface area contributed by atoms with Crippen LogP contribution in [-0.2, 0) is 0 Å². The minimum absolute atomic E-state index is 0.566. The topological polar surface area (TPSA) is 55.0 Å². The molecule has 98 valence electrons. The molecule has 1 saturated carbocycles.